The maximum absolute atomic E-state index is 13.9. The van der Waals surface area contributed by atoms with E-state index in [9.17, 15) is 4.39 Å². The summed E-state index contributed by atoms with van der Waals surface area (Å²) in [5, 5.41) is 3.33. The van der Waals surface area contributed by atoms with Crippen molar-refractivity contribution in [1.82, 2.24) is 5.32 Å². The molecule has 1 atom stereocenters. The van der Waals surface area contributed by atoms with Crippen LogP contribution in [0.4, 0.5) is 4.39 Å². The smallest absolute Gasteiger partial charge is 0.131 e. The normalized spacial score (nSPS) is 12.6. The highest BCUT2D eigenvalue weighted by Gasteiger charge is 2.13. The first-order valence-electron chi connectivity index (χ1n) is 6.69. The first kappa shape index (κ1) is 14.2. The maximum atomic E-state index is 13.9. The van der Waals surface area contributed by atoms with E-state index in [-0.39, 0.29) is 5.82 Å². The number of hydrogen-bond acceptors (Lipinski definition) is 2. The second-order valence-electron chi connectivity index (χ2n) is 4.82. The zero-order valence-corrected chi connectivity index (χ0v) is 12.5. The summed E-state index contributed by atoms with van der Waals surface area (Å²) in [6, 6.07) is 9.78. The first-order valence-corrected chi connectivity index (χ1v) is 7.51. The highest BCUT2D eigenvalue weighted by molar-refractivity contribution is 7.15. The summed E-state index contributed by atoms with van der Waals surface area (Å²) in [6.07, 6.45) is 2.24. The molecule has 1 unspecified atom stereocenters. The number of thiophene rings is 1. The Bertz CT molecular complexity index is 547. The minimum absolute atomic E-state index is 0.143. The van der Waals surface area contributed by atoms with Crippen LogP contribution in [0.5, 0.6) is 0 Å². The topological polar surface area (TPSA) is 12.0 Å². The van der Waals surface area contributed by atoms with E-state index >= 15 is 0 Å². The average Bonchev–Trinajstić information content (AvgIpc) is 2.88. The number of benzene rings is 1. The molecule has 0 aliphatic heterocycles. The maximum Gasteiger partial charge on any atom is 0.131 e. The van der Waals surface area contributed by atoms with Crippen molar-refractivity contribution >= 4 is 11.3 Å². The van der Waals surface area contributed by atoms with Gasteiger partial charge in [0, 0.05) is 21.4 Å². The van der Waals surface area contributed by atoms with Crippen molar-refractivity contribution in [3.8, 4) is 10.4 Å². The summed E-state index contributed by atoms with van der Waals surface area (Å²) in [6.45, 7) is 4.17. The standard InChI is InChI=1S/C16H20FNS/c1-4-5-14(18-3)16-9-8-15(19-16)12-10-11(2)6-7-13(12)17/h6-10,14,18H,4-5H2,1-3H3. The van der Waals surface area contributed by atoms with Crippen molar-refractivity contribution in [2.45, 2.75) is 32.7 Å². The van der Waals surface area contributed by atoms with Crippen LogP contribution in [0.25, 0.3) is 10.4 Å². The van der Waals surface area contributed by atoms with Gasteiger partial charge in [0.2, 0.25) is 0 Å². The molecule has 1 heterocycles. The summed E-state index contributed by atoms with van der Waals surface area (Å²) < 4.78 is 13.9. The van der Waals surface area contributed by atoms with Crippen molar-refractivity contribution < 1.29 is 4.39 Å². The molecule has 3 heteroatoms. The van der Waals surface area contributed by atoms with Crippen LogP contribution >= 0.6 is 11.3 Å². The van der Waals surface area contributed by atoms with E-state index in [1.54, 1.807) is 23.5 Å². The van der Waals surface area contributed by atoms with Gasteiger partial charge in [0.1, 0.15) is 5.82 Å². The molecule has 0 aliphatic carbocycles. The molecule has 0 radical (unpaired) electrons. The molecule has 0 saturated carbocycles. The van der Waals surface area contributed by atoms with E-state index < -0.39 is 0 Å². The summed E-state index contributed by atoms with van der Waals surface area (Å²) in [5.41, 5.74) is 1.80. The van der Waals surface area contributed by atoms with E-state index in [1.807, 2.05) is 26.1 Å². The molecule has 1 aromatic heterocycles. The van der Waals surface area contributed by atoms with Gasteiger partial charge < -0.3 is 5.32 Å². The Morgan fingerprint density at radius 2 is 2.05 bits per heavy atom. The zero-order chi connectivity index (χ0) is 13.8. The molecule has 2 aromatic rings. The monoisotopic (exact) mass is 277 g/mol. The van der Waals surface area contributed by atoms with Crippen LogP contribution in [-0.2, 0) is 0 Å². The van der Waals surface area contributed by atoms with Crippen LogP contribution in [0.3, 0.4) is 0 Å². The molecule has 2 rings (SSSR count). The molecular weight excluding hydrogens is 257 g/mol. The van der Waals surface area contributed by atoms with Gasteiger partial charge in [-0.25, -0.2) is 4.39 Å². The van der Waals surface area contributed by atoms with Gasteiger partial charge >= 0.3 is 0 Å². The molecule has 0 spiro atoms. The van der Waals surface area contributed by atoms with Gasteiger partial charge in [-0.05, 0) is 44.7 Å². The van der Waals surface area contributed by atoms with E-state index in [1.165, 1.54) is 4.88 Å². The van der Waals surface area contributed by atoms with Gasteiger partial charge in [0.05, 0.1) is 0 Å². The fourth-order valence-corrected chi connectivity index (χ4v) is 3.40. The predicted octanol–water partition coefficient (Wildman–Crippen LogP) is 4.92. The van der Waals surface area contributed by atoms with E-state index in [2.05, 4.69) is 18.3 Å². The Balaban J connectivity index is 2.32. The lowest BCUT2D eigenvalue weighted by molar-refractivity contribution is 0.550. The molecule has 0 amide bonds. The van der Waals surface area contributed by atoms with Crippen LogP contribution in [0.2, 0.25) is 0 Å². The molecule has 1 aromatic carbocycles. The summed E-state index contributed by atoms with van der Waals surface area (Å²) in [4.78, 5) is 2.29. The number of aryl methyl sites for hydroxylation is 1. The largest absolute Gasteiger partial charge is 0.312 e. The number of hydrogen-bond donors (Lipinski definition) is 1. The van der Waals surface area contributed by atoms with E-state index in [0.717, 1.165) is 23.3 Å². The average molecular weight is 277 g/mol. The molecule has 102 valence electrons. The Labute approximate surface area is 118 Å². The third-order valence-corrected chi connectivity index (χ3v) is 4.52. The second-order valence-corrected chi connectivity index (χ2v) is 5.93. The SMILES string of the molecule is CCCC(NC)c1ccc(-c2cc(C)ccc2F)s1. The van der Waals surface area contributed by atoms with Gasteiger partial charge in [-0.1, -0.05) is 25.0 Å². The lowest BCUT2D eigenvalue weighted by Crippen LogP contribution is -2.14. The van der Waals surface area contributed by atoms with Crippen molar-refractivity contribution in [3.63, 3.8) is 0 Å². The van der Waals surface area contributed by atoms with Crippen LogP contribution < -0.4 is 5.32 Å². The van der Waals surface area contributed by atoms with Gasteiger partial charge in [-0.3, -0.25) is 0 Å². The third kappa shape index (κ3) is 3.23. The van der Waals surface area contributed by atoms with Crippen LogP contribution in [0.1, 0.15) is 36.2 Å². The Hall–Kier alpha value is -1.19. The molecule has 0 aliphatic rings. The zero-order valence-electron chi connectivity index (χ0n) is 11.7. The molecule has 19 heavy (non-hydrogen) atoms. The minimum atomic E-state index is -0.143. The Morgan fingerprint density at radius 3 is 2.74 bits per heavy atom. The number of rotatable bonds is 5. The Morgan fingerprint density at radius 1 is 1.26 bits per heavy atom. The molecule has 0 saturated heterocycles. The summed E-state index contributed by atoms with van der Waals surface area (Å²) in [7, 11) is 1.98. The lowest BCUT2D eigenvalue weighted by Gasteiger charge is -2.12. The van der Waals surface area contributed by atoms with Gasteiger partial charge in [-0.15, -0.1) is 11.3 Å². The summed E-state index contributed by atoms with van der Waals surface area (Å²) in [5.74, 6) is -0.143. The minimum Gasteiger partial charge on any atom is -0.312 e. The van der Waals surface area contributed by atoms with E-state index in [0.29, 0.717) is 11.6 Å². The van der Waals surface area contributed by atoms with Crippen molar-refractivity contribution in [1.29, 1.82) is 0 Å². The van der Waals surface area contributed by atoms with Crippen molar-refractivity contribution in [3.05, 3.63) is 46.6 Å². The van der Waals surface area contributed by atoms with Crippen molar-refractivity contribution in [2.24, 2.45) is 0 Å². The van der Waals surface area contributed by atoms with Gasteiger partial charge in [-0.2, -0.15) is 0 Å². The fraction of sp³-hybridized carbons (Fsp3) is 0.375. The lowest BCUT2D eigenvalue weighted by atomic mass is 10.1. The molecule has 1 N–H and O–H groups in total. The van der Waals surface area contributed by atoms with E-state index in [4.69, 9.17) is 0 Å². The Kier molecular flexibility index (Phi) is 4.72. The molecular formula is C16H20FNS. The highest BCUT2D eigenvalue weighted by atomic mass is 32.1. The van der Waals surface area contributed by atoms with Crippen LogP contribution in [-0.4, -0.2) is 7.05 Å². The fourth-order valence-electron chi connectivity index (χ4n) is 2.23. The number of nitrogens with one attached hydrogen (secondary N) is 1. The summed E-state index contributed by atoms with van der Waals surface area (Å²) >= 11 is 1.68. The molecule has 1 nitrogen and oxygen atoms in total. The van der Waals surface area contributed by atoms with Crippen LogP contribution in [0, 0.1) is 12.7 Å². The second kappa shape index (κ2) is 6.31. The van der Waals surface area contributed by atoms with Crippen LogP contribution in [0.15, 0.2) is 30.3 Å². The first-order chi connectivity index (χ1) is 9.15. The quantitative estimate of drug-likeness (QED) is 0.817. The van der Waals surface area contributed by atoms with Gasteiger partial charge in [0.15, 0.2) is 0 Å². The third-order valence-electron chi connectivity index (χ3n) is 3.28. The van der Waals surface area contributed by atoms with Gasteiger partial charge in [0.25, 0.3) is 0 Å². The van der Waals surface area contributed by atoms with Crippen molar-refractivity contribution in [2.75, 3.05) is 7.05 Å². The highest BCUT2D eigenvalue weighted by Crippen LogP contribution is 2.34. The molecule has 0 fully saturated rings. The number of halogens is 1. The predicted molar refractivity (Wildman–Crippen MR) is 81.2 cm³/mol. The molecule has 0 bridgehead atoms.